The van der Waals surface area contributed by atoms with E-state index in [9.17, 15) is 0 Å². The molecule has 0 bridgehead atoms. The van der Waals surface area contributed by atoms with E-state index in [1.807, 2.05) is 93.2 Å². The van der Waals surface area contributed by atoms with Crippen LogP contribution in [0.25, 0.3) is 33.8 Å². The number of aromatic amines is 2. The number of anilines is 3. The molecule has 0 unspecified atom stereocenters. The first-order chi connectivity index (χ1) is 16.1. The summed E-state index contributed by atoms with van der Waals surface area (Å²) in [6, 6.07) is 21.8. The standard InChI is InChI=1S/C25H23N7S/c1-32(2)18-10-7-16(8-11-18)28-25(33)29-17-9-12-19-22(15-17)31-24(21-6-4-14-27-21)23(30-19)20-5-3-13-26-20/h3-15,26-27H,1-2H3,(H2,28,29,33). The summed E-state index contributed by atoms with van der Waals surface area (Å²) in [6.45, 7) is 0. The SMILES string of the molecule is CN(C)c1ccc(NC(=S)Nc2ccc3nc(-c4ccc[nH]4)c(-c4ccc[nH]4)nc3c2)cc1. The van der Waals surface area contributed by atoms with Crippen LogP contribution in [0.3, 0.4) is 0 Å². The smallest absolute Gasteiger partial charge is 0.175 e. The predicted molar refractivity (Wildman–Crippen MR) is 140 cm³/mol. The van der Waals surface area contributed by atoms with Crippen LogP contribution in [-0.2, 0) is 0 Å². The van der Waals surface area contributed by atoms with Crippen molar-refractivity contribution in [3.05, 3.63) is 79.1 Å². The zero-order valence-corrected chi connectivity index (χ0v) is 19.1. The third-order valence-electron chi connectivity index (χ3n) is 5.27. The fraction of sp³-hybridized carbons (Fsp3) is 0.0800. The Kier molecular flexibility index (Phi) is 5.50. The van der Waals surface area contributed by atoms with Crippen molar-refractivity contribution in [2.24, 2.45) is 0 Å². The summed E-state index contributed by atoms with van der Waals surface area (Å²) in [5.74, 6) is 0. The Balaban J connectivity index is 1.42. The molecule has 0 amide bonds. The van der Waals surface area contributed by atoms with Crippen molar-refractivity contribution < 1.29 is 0 Å². The molecule has 0 spiro atoms. The molecule has 3 heterocycles. The summed E-state index contributed by atoms with van der Waals surface area (Å²) < 4.78 is 0. The molecule has 0 aliphatic rings. The van der Waals surface area contributed by atoms with E-state index >= 15 is 0 Å². The number of rotatable bonds is 5. The second kappa shape index (κ2) is 8.76. The van der Waals surface area contributed by atoms with Gasteiger partial charge in [-0.3, -0.25) is 0 Å². The van der Waals surface area contributed by atoms with E-state index in [1.165, 1.54) is 0 Å². The molecule has 2 aromatic carbocycles. The quantitative estimate of drug-likeness (QED) is 0.263. The molecule has 0 aliphatic carbocycles. The normalized spacial score (nSPS) is 10.8. The highest BCUT2D eigenvalue weighted by molar-refractivity contribution is 7.80. The van der Waals surface area contributed by atoms with E-state index in [1.54, 1.807) is 0 Å². The van der Waals surface area contributed by atoms with Crippen LogP contribution in [0.2, 0.25) is 0 Å². The van der Waals surface area contributed by atoms with Gasteiger partial charge < -0.3 is 25.5 Å². The third kappa shape index (κ3) is 4.42. The highest BCUT2D eigenvalue weighted by atomic mass is 32.1. The van der Waals surface area contributed by atoms with Crippen LogP contribution in [-0.4, -0.2) is 39.1 Å². The Labute approximate surface area is 196 Å². The monoisotopic (exact) mass is 453 g/mol. The molecule has 0 atom stereocenters. The molecule has 7 nitrogen and oxygen atoms in total. The average Bonchev–Trinajstić information content (AvgIpc) is 3.53. The van der Waals surface area contributed by atoms with Gasteiger partial charge in [-0.25, -0.2) is 9.97 Å². The Morgan fingerprint density at radius 3 is 1.91 bits per heavy atom. The molecule has 5 rings (SSSR count). The van der Waals surface area contributed by atoms with Crippen LogP contribution in [0, 0.1) is 0 Å². The van der Waals surface area contributed by atoms with Gasteiger partial charge in [0, 0.05) is 43.6 Å². The lowest BCUT2D eigenvalue weighted by atomic mass is 10.1. The lowest BCUT2D eigenvalue weighted by Gasteiger charge is -2.14. The summed E-state index contributed by atoms with van der Waals surface area (Å²) in [7, 11) is 4.03. The van der Waals surface area contributed by atoms with Crippen molar-refractivity contribution in [2.75, 3.05) is 29.6 Å². The minimum absolute atomic E-state index is 0.507. The Morgan fingerprint density at radius 1 is 0.758 bits per heavy atom. The minimum Gasteiger partial charge on any atom is -0.378 e. The Morgan fingerprint density at radius 2 is 1.33 bits per heavy atom. The molecule has 4 N–H and O–H groups in total. The third-order valence-corrected chi connectivity index (χ3v) is 5.47. The second-order valence-electron chi connectivity index (χ2n) is 7.81. The maximum atomic E-state index is 5.51. The van der Waals surface area contributed by atoms with Crippen molar-refractivity contribution in [3.8, 4) is 22.8 Å². The van der Waals surface area contributed by atoms with E-state index < -0.39 is 0 Å². The number of aromatic nitrogens is 4. The van der Waals surface area contributed by atoms with Crippen LogP contribution in [0.4, 0.5) is 17.1 Å². The molecule has 0 fully saturated rings. The second-order valence-corrected chi connectivity index (χ2v) is 8.22. The number of fused-ring (bicyclic) bond motifs is 1. The van der Waals surface area contributed by atoms with Crippen LogP contribution in [0.5, 0.6) is 0 Å². The molecule has 0 saturated carbocycles. The van der Waals surface area contributed by atoms with E-state index in [4.69, 9.17) is 22.2 Å². The van der Waals surface area contributed by atoms with Crippen LogP contribution in [0.15, 0.2) is 79.1 Å². The van der Waals surface area contributed by atoms with Crippen molar-refractivity contribution in [2.45, 2.75) is 0 Å². The van der Waals surface area contributed by atoms with E-state index in [-0.39, 0.29) is 0 Å². The Hall–Kier alpha value is -4.17. The van der Waals surface area contributed by atoms with Gasteiger partial charge in [-0.2, -0.15) is 0 Å². The number of nitrogens with zero attached hydrogens (tertiary/aromatic N) is 3. The zero-order chi connectivity index (χ0) is 22.8. The number of thiocarbonyl (C=S) groups is 1. The van der Waals surface area contributed by atoms with Gasteiger partial charge in [0.15, 0.2) is 5.11 Å². The van der Waals surface area contributed by atoms with Gasteiger partial charge in [-0.05, 0) is 78.9 Å². The average molecular weight is 454 g/mol. The van der Waals surface area contributed by atoms with Crippen molar-refractivity contribution >= 4 is 45.4 Å². The molecule has 5 aromatic rings. The summed E-state index contributed by atoms with van der Waals surface area (Å²) >= 11 is 5.51. The molecule has 33 heavy (non-hydrogen) atoms. The maximum absolute atomic E-state index is 5.51. The highest BCUT2D eigenvalue weighted by Crippen LogP contribution is 2.30. The first-order valence-corrected chi connectivity index (χ1v) is 10.9. The maximum Gasteiger partial charge on any atom is 0.175 e. The van der Waals surface area contributed by atoms with Gasteiger partial charge in [0.25, 0.3) is 0 Å². The van der Waals surface area contributed by atoms with Gasteiger partial charge in [-0.15, -0.1) is 0 Å². The fourth-order valence-corrected chi connectivity index (χ4v) is 3.83. The van der Waals surface area contributed by atoms with Crippen LogP contribution >= 0.6 is 12.2 Å². The van der Waals surface area contributed by atoms with E-state index in [2.05, 4.69) is 25.5 Å². The number of H-pyrrole nitrogens is 2. The molecular formula is C25H23N7S. The predicted octanol–water partition coefficient (Wildman–Crippen LogP) is 5.49. The minimum atomic E-state index is 0.507. The van der Waals surface area contributed by atoms with Crippen LogP contribution in [0.1, 0.15) is 0 Å². The zero-order valence-electron chi connectivity index (χ0n) is 18.3. The fourth-order valence-electron chi connectivity index (χ4n) is 3.60. The molecular weight excluding hydrogens is 430 g/mol. The van der Waals surface area contributed by atoms with Crippen molar-refractivity contribution in [3.63, 3.8) is 0 Å². The summed E-state index contributed by atoms with van der Waals surface area (Å²) in [5.41, 5.74) is 7.88. The number of hydrogen-bond donors (Lipinski definition) is 4. The summed E-state index contributed by atoms with van der Waals surface area (Å²) in [6.07, 6.45) is 3.77. The molecule has 164 valence electrons. The molecule has 0 radical (unpaired) electrons. The van der Waals surface area contributed by atoms with Gasteiger partial charge in [-0.1, -0.05) is 0 Å². The summed E-state index contributed by atoms with van der Waals surface area (Å²) in [4.78, 5) is 18.3. The van der Waals surface area contributed by atoms with Gasteiger partial charge in [0.05, 0.1) is 22.4 Å². The molecule has 0 saturated heterocycles. The van der Waals surface area contributed by atoms with Crippen LogP contribution < -0.4 is 15.5 Å². The first kappa shape index (κ1) is 20.7. The van der Waals surface area contributed by atoms with Gasteiger partial charge >= 0.3 is 0 Å². The van der Waals surface area contributed by atoms with E-state index in [0.29, 0.717) is 5.11 Å². The van der Waals surface area contributed by atoms with Gasteiger partial charge in [0.2, 0.25) is 0 Å². The lowest BCUT2D eigenvalue weighted by molar-refractivity contribution is 1.13. The van der Waals surface area contributed by atoms with E-state index in [0.717, 1.165) is 50.9 Å². The molecule has 0 aliphatic heterocycles. The number of benzene rings is 2. The molecule has 8 heteroatoms. The lowest BCUT2D eigenvalue weighted by Crippen LogP contribution is -2.19. The number of hydrogen-bond acceptors (Lipinski definition) is 4. The van der Waals surface area contributed by atoms with Crippen molar-refractivity contribution in [1.29, 1.82) is 0 Å². The first-order valence-electron chi connectivity index (χ1n) is 10.5. The highest BCUT2D eigenvalue weighted by Gasteiger charge is 2.15. The number of nitrogens with one attached hydrogen (secondary N) is 4. The Bertz CT molecular complexity index is 1390. The largest absolute Gasteiger partial charge is 0.378 e. The molecule has 3 aromatic heterocycles. The van der Waals surface area contributed by atoms with Crippen molar-refractivity contribution in [1.82, 2.24) is 19.9 Å². The topological polar surface area (TPSA) is 84.7 Å². The summed E-state index contributed by atoms with van der Waals surface area (Å²) in [5, 5.41) is 6.97. The van der Waals surface area contributed by atoms with Gasteiger partial charge in [0.1, 0.15) is 11.4 Å².